The predicted octanol–water partition coefficient (Wildman–Crippen LogP) is 4.26. The Morgan fingerprint density at radius 2 is 1.60 bits per heavy atom. The Morgan fingerprint density at radius 3 is 2.23 bits per heavy atom. The van der Waals surface area contributed by atoms with Gasteiger partial charge in [-0.15, -0.1) is 0 Å². The van der Waals surface area contributed by atoms with Gasteiger partial charge in [0.1, 0.15) is 0 Å². The van der Waals surface area contributed by atoms with Gasteiger partial charge in [0.15, 0.2) is 11.5 Å². The Labute approximate surface area is 178 Å². The van der Waals surface area contributed by atoms with E-state index in [4.69, 9.17) is 9.47 Å². The van der Waals surface area contributed by atoms with Crippen LogP contribution in [0.5, 0.6) is 11.5 Å². The fourth-order valence-corrected chi connectivity index (χ4v) is 4.64. The molecule has 162 valence electrons. The van der Waals surface area contributed by atoms with Gasteiger partial charge in [-0.25, -0.2) is 8.42 Å². The van der Waals surface area contributed by atoms with Crippen molar-refractivity contribution in [2.75, 3.05) is 25.2 Å². The smallest absolute Gasteiger partial charge is 0.255 e. The molecule has 3 rings (SSSR count). The molecular weight excluding hydrogens is 404 g/mol. The van der Waals surface area contributed by atoms with Crippen molar-refractivity contribution in [3.8, 4) is 11.5 Å². The summed E-state index contributed by atoms with van der Waals surface area (Å²) in [5.74, 6) is 0.830. The number of carbonyl (C=O) groups is 1. The first-order valence-corrected chi connectivity index (χ1v) is 11.7. The molecule has 1 N–H and O–H groups in total. The van der Waals surface area contributed by atoms with Crippen LogP contribution in [0, 0.1) is 0 Å². The summed E-state index contributed by atoms with van der Waals surface area (Å²) in [7, 11) is -3.56. The number of fused-ring (bicyclic) bond motifs is 1. The summed E-state index contributed by atoms with van der Waals surface area (Å²) in [4.78, 5) is 12.7. The average molecular weight is 433 g/mol. The molecule has 0 saturated heterocycles. The van der Waals surface area contributed by atoms with Gasteiger partial charge < -0.3 is 14.8 Å². The maximum atomic E-state index is 13.0. The van der Waals surface area contributed by atoms with Crippen LogP contribution < -0.4 is 14.8 Å². The molecule has 0 unspecified atom stereocenters. The number of sulfonamides is 1. The zero-order valence-corrected chi connectivity index (χ0v) is 18.2. The van der Waals surface area contributed by atoms with E-state index in [2.05, 4.69) is 5.32 Å². The molecule has 2 aromatic carbocycles. The minimum atomic E-state index is -3.56. The van der Waals surface area contributed by atoms with Gasteiger partial charge >= 0.3 is 0 Å². The lowest BCUT2D eigenvalue weighted by Gasteiger charge is -2.22. The summed E-state index contributed by atoms with van der Waals surface area (Å²) < 4.78 is 38.1. The number of amides is 1. The predicted molar refractivity (Wildman–Crippen MR) is 116 cm³/mol. The largest absolute Gasteiger partial charge is 0.454 e. The molecular formula is C22H28N2O5S. The van der Waals surface area contributed by atoms with E-state index in [1.54, 1.807) is 34.6 Å². The van der Waals surface area contributed by atoms with E-state index in [9.17, 15) is 13.2 Å². The van der Waals surface area contributed by atoms with Crippen molar-refractivity contribution in [2.45, 2.75) is 44.4 Å². The lowest BCUT2D eigenvalue weighted by Crippen LogP contribution is -2.33. The summed E-state index contributed by atoms with van der Waals surface area (Å²) in [5, 5.41) is 2.78. The first-order chi connectivity index (χ1) is 14.5. The fraction of sp³-hybridized carbons (Fsp3) is 0.409. The summed E-state index contributed by atoms with van der Waals surface area (Å²) in [6, 6.07) is 11.3. The Kier molecular flexibility index (Phi) is 7.33. The van der Waals surface area contributed by atoms with Gasteiger partial charge in [0.25, 0.3) is 5.91 Å². The van der Waals surface area contributed by atoms with E-state index in [1.807, 2.05) is 13.8 Å². The summed E-state index contributed by atoms with van der Waals surface area (Å²) in [6.07, 6.45) is 3.52. The summed E-state index contributed by atoms with van der Waals surface area (Å²) >= 11 is 0. The first kappa shape index (κ1) is 22.1. The number of anilines is 1. The highest BCUT2D eigenvalue weighted by molar-refractivity contribution is 7.89. The average Bonchev–Trinajstić information content (AvgIpc) is 3.22. The quantitative estimate of drug-likeness (QED) is 0.606. The number of hydrogen-bond donors (Lipinski definition) is 1. The molecule has 0 aliphatic carbocycles. The number of nitrogens with one attached hydrogen (secondary N) is 1. The highest BCUT2D eigenvalue weighted by Crippen LogP contribution is 2.32. The molecule has 1 aliphatic heterocycles. The number of rotatable bonds is 10. The van der Waals surface area contributed by atoms with Crippen molar-refractivity contribution in [3.63, 3.8) is 0 Å². The SMILES string of the molecule is CCCCN(CCCC)S(=O)(=O)c1ccc(NC(=O)c2ccc3c(c2)OCO3)cc1. The van der Waals surface area contributed by atoms with Crippen molar-refractivity contribution in [3.05, 3.63) is 48.0 Å². The van der Waals surface area contributed by atoms with Crippen LogP contribution in [-0.2, 0) is 10.0 Å². The third-order valence-corrected chi connectivity index (χ3v) is 6.82. The maximum Gasteiger partial charge on any atom is 0.255 e. The number of carbonyl (C=O) groups excluding carboxylic acids is 1. The standard InChI is InChI=1S/C22H28N2O5S/c1-3-5-13-24(14-6-4-2)30(26,27)19-10-8-18(9-11-19)23-22(25)17-7-12-20-21(15-17)29-16-28-20/h7-12,15H,3-6,13-14,16H2,1-2H3,(H,23,25). The topological polar surface area (TPSA) is 84.9 Å². The molecule has 0 spiro atoms. The third kappa shape index (κ3) is 5.12. The lowest BCUT2D eigenvalue weighted by atomic mass is 10.2. The molecule has 1 aliphatic rings. The zero-order chi connectivity index (χ0) is 21.6. The van der Waals surface area contributed by atoms with Crippen LogP contribution in [0.4, 0.5) is 5.69 Å². The maximum absolute atomic E-state index is 13.0. The number of benzene rings is 2. The van der Waals surface area contributed by atoms with Gasteiger partial charge in [0.05, 0.1) is 4.90 Å². The van der Waals surface area contributed by atoms with Crippen LogP contribution in [-0.4, -0.2) is 38.5 Å². The van der Waals surface area contributed by atoms with E-state index in [1.165, 1.54) is 12.1 Å². The molecule has 0 aromatic heterocycles. The molecule has 7 nitrogen and oxygen atoms in total. The lowest BCUT2D eigenvalue weighted by molar-refractivity contribution is 0.102. The first-order valence-electron chi connectivity index (χ1n) is 10.3. The fourth-order valence-electron chi connectivity index (χ4n) is 3.12. The van der Waals surface area contributed by atoms with Crippen LogP contribution in [0.1, 0.15) is 49.9 Å². The summed E-state index contributed by atoms with van der Waals surface area (Å²) in [6.45, 7) is 5.26. The van der Waals surface area contributed by atoms with Crippen molar-refractivity contribution < 1.29 is 22.7 Å². The molecule has 0 fully saturated rings. The molecule has 0 saturated carbocycles. The van der Waals surface area contributed by atoms with Crippen LogP contribution in [0.2, 0.25) is 0 Å². The second-order valence-electron chi connectivity index (χ2n) is 7.16. The van der Waals surface area contributed by atoms with E-state index < -0.39 is 10.0 Å². The van der Waals surface area contributed by atoms with Crippen LogP contribution in [0.15, 0.2) is 47.4 Å². The minimum Gasteiger partial charge on any atom is -0.454 e. The van der Waals surface area contributed by atoms with Crippen LogP contribution >= 0.6 is 0 Å². The number of hydrogen-bond acceptors (Lipinski definition) is 5. The van der Waals surface area contributed by atoms with Gasteiger partial charge in [-0.05, 0) is 55.3 Å². The Morgan fingerprint density at radius 1 is 0.967 bits per heavy atom. The summed E-state index contributed by atoms with van der Waals surface area (Å²) in [5.41, 5.74) is 0.950. The van der Waals surface area contributed by atoms with Crippen molar-refractivity contribution in [1.29, 1.82) is 0 Å². The normalized spacial score (nSPS) is 12.9. The van der Waals surface area contributed by atoms with Crippen LogP contribution in [0.25, 0.3) is 0 Å². The van der Waals surface area contributed by atoms with E-state index >= 15 is 0 Å². The van der Waals surface area contributed by atoms with E-state index in [0.29, 0.717) is 35.8 Å². The van der Waals surface area contributed by atoms with Crippen molar-refractivity contribution in [1.82, 2.24) is 4.31 Å². The third-order valence-electron chi connectivity index (χ3n) is 4.91. The van der Waals surface area contributed by atoms with E-state index in [0.717, 1.165) is 25.7 Å². The Bertz CT molecular complexity index is 966. The van der Waals surface area contributed by atoms with Crippen molar-refractivity contribution in [2.24, 2.45) is 0 Å². The van der Waals surface area contributed by atoms with Gasteiger partial charge in [-0.1, -0.05) is 26.7 Å². The molecule has 0 radical (unpaired) electrons. The number of nitrogens with zero attached hydrogens (tertiary/aromatic N) is 1. The van der Waals surface area contributed by atoms with Gasteiger partial charge in [-0.3, -0.25) is 4.79 Å². The highest BCUT2D eigenvalue weighted by Gasteiger charge is 2.23. The van der Waals surface area contributed by atoms with Gasteiger partial charge in [0.2, 0.25) is 16.8 Å². The second-order valence-corrected chi connectivity index (χ2v) is 9.10. The zero-order valence-electron chi connectivity index (χ0n) is 17.4. The molecule has 1 heterocycles. The molecule has 8 heteroatoms. The second kappa shape index (κ2) is 9.95. The Balaban J connectivity index is 1.70. The molecule has 1 amide bonds. The van der Waals surface area contributed by atoms with E-state index in [-0.39, 0.29) is 17.6 Å². The molecule has 2 aromatic rings. The van der Waals surface area contributed by atoms with Crippen LogP contribution in [0.3, 0.4) is 0 Å². The molecule has 0 bridgehead atoms. The van der Waals surface area contributed by atoms with Crippen molar-refractivity contribution >= 4 is 21.6 Å². The van der Waals surface area contributed by atoms with Gasteiger partial charge in [0, 0.05) is 24.3 Å². The number of unbranched alkanes of at least 4 members (excludes halogenated alkanes) is 2. The molecule has 0 atom stereocenters. The Hall–Kier alpha value is -2.58. The highest BCUT2D eigenvalue weighted by atomic mass is 32.2. The molecule has 30 heavy (non-hydrogen) atoms. The minimum absolute atomic E-state index is 0.143. The van der Waals surface area contributed by atoms with Gasteiger partial charge in [-0.2, -0.15) is 4.31 Å². The monoisotopic (exact) mass is 432 g/mol. The number of ether oxygens (including phenoxy) is 2.